The van der Waals surface area contributed by atoms with Gasteiger partial charge in [-0.05, 0) is 20.8 Å². The Balaban J connectivity index is 2.54. The zero-order valence-electron chi connectivity index (χ0n) is 11.4. The predicted molar refractivity (Wildman–Crippen MR) is 68.3 cm³/mol. The molecule has 0 aromatic rings. The highest BCUT2D eigenvalue weighted by atomic mass is 32.2. The highest BCUT2D eigenvalue weighted by Crippen LogP contribution is 2.23. The van der Waals surface area contributed by atoms with Gasteiger partial charge in [0.25, 0.3) is 0 Å². The maximum absolute atomic E-state index is 12.1. The molecule has 20 heavy (non-hydrogen) atoms. The minimum Gasteiger partial charge on any atom is -0.444 e. The summed E-state index contributed by atoms with van der Waals surface area (Å²) in [6.45, 7) is 4.86. The lowest BCUT2D eigenvalue weighted by molar-refractivity contribution is -0.173. The van der Waals surface area contributed by atoms with Crippen LogP contribution >= 0.6 is 11.8 Å². The molecule has 0 radical (unpaired) electrons. The first-order valence-electron chi connectivity index (χ1n) is 5.93. The molecular weight excluding hydrogens is 297 g/mol. The number of carbonyl (C=O) groups is 2. The second kappa shape index (κ2) is 6.11. The lowest BCUT2D eigenvalue weighted by Crippen LogP contribution is -2.48. The summed E-state index contributed by atoms with van der Waals surface area (Å²) in [5.74, 6) is -1.21. The fourth-order valence-corrected chi connectivity index (χ4v) is 2.67. The van der Waals surface area contributed by atoms with Crippen molar-refractivity contribution in [1.82, 2.24) is 10.2 Å². The van der Waals surface area contributed by atoms with Gasteiger partial charge in [-0.15, -0.1) is 11.8 Å². The Morgan fingerprint density at radius 3 is 2.45 bits per heavy atom. The van der Waals surface area contributed by atoms with Crippen LogP contribution in [-0.2, 0) is 9.53 Å². The number of nitrogens with one attached hydrogen (secondary N) is 1. The first kappa shape index (κ1) is 16.9. The Morgan fingerprint density at radius 1 is 1.35 bits per heavy atom. The molecule has 0 unspecified atom stereocenters. The highest BCUT2D eigenvalue weighted by molar-refractivity contribution is 7.99. The third kappa shape index (κ3) is 5.10. The first-order valence-corrected chi connectivity index (χ1v) is 7.08. The van der Waals surface area contributed by atoms with E-state index in [0.717, 1.165) is 0 Å². The van der Waals surface area contributed by atoms with Crippen LogP contribution in [0.25, 0.3) is 0 Å². The van der Waals surface area contributed by atoms with E-state index in [-0.39, 0.29) is 6.54 Å². The minimum absolute atomic E-state index is 0.245. The molecular formula is C11H17F3N2O3S. The summed E-state index contributed by atoms with van der Waals surface area (Å²) >= 11 is 1.40. The molecule has 116 valence electrons. The van der Waals surface area contributed by atoms with Crippen molar-refractivity contribution in [2.45, 2.75) is 38.6 Å². The summed E-state index contributed by atoms with van der Waals surface area (Å²) in [5.41, 5.74) is -0.676. The van der Waals surface area contributed by atoms with E-state index in [4.69, 9.17) is 4.74 Å². The van der Waals surface area contributed by atoms with Crippen molar-refractivity contribution in [1.29, 1.82) is 0 Å². The second-order valence-electron chi connectivity index (χ2n) is 5.31. The Morgan fingerprint density at radius 2 is 1.95 bits per heavy atom. The Hall–Kier alpha value is -1.12. The number of ether oxygens (including phenoxy) is 1. The van der Waals surface area contributed by atoms with Crippen LogP contribution in [0.3, 0.4) is 0 Å². The van der Waals surface area contributed by atoms with Gasteiger partial charge in [0, 0.05) is 12.3 Å². The molecule has 0 saturated carbocycles. The maximum Gasteiger partial charge on any atom is 0.471 e. The molecule has 0 aliphatic carbocycles. The van der Waals surface area contributed by atoms with E-state index in [9.17, 15) is 22.8 Å². The lowest BCUT2D eigenvalue weighted by Gasteiger charge is -2.28. The van der Waals surface area contributed by atoms with Gasteiger partial charge in [-0.2, -0.15) is 13.2 Å². The van der Waals surface area contributed by atoms with Gasteiger partial charge < -0.3 is 10.1 Å². The van der Waals surface area contributed by atoms with Gasteiger partial charge >= 0.3 is 18.2 Å². The summed E-state index contributed by atoms with van der Waals surface area (Å²) in [4.78, 5) is 23.9. The quantitative estimate of drug-likeness (QED) is 0.847. The molecule has 0 spiro atoms. The highest BCUT2D eigenvalue weighted by Gasteiger charge is 2.40. The van der Waals surface area contributed by atoms with Crippen molar-refractivity contribution in [2.24, 2.45) is 0 Å². The van der Waals surface area contributed by atoms with Gasteiger partial charge in [0.15, 0.2) is 0 Å². The number of amides is 2. The van der Waals surface area contributed by atoms with E-state index < -0.39 is 29.8 Å². The van der Waals surface area contributed by atoms with Gasteiger partial charge in [-0.1, -0.05) is 0 Å². The molecule has 1 aliphatic heterocycles. The SMILES string of the molecule is CC(C)(C)OC(=O)N1CSC[C@H]1CNC(=O)C(F)(F)F. The van der Waals surface area contributed by atoms with Crippen LogP contribution in [0.4, 0.5) is 18.0 Å². The zero-order valence-corrected chi connectivity index (χ0v) is 12.2. The number of alkyl halides is 3. The van der Waals surface area contributed by atoms with Crippen molar-refractivity contribution in [3.8, 4) is 0 Å². The maximum atomic E-state index is 12.1. The molecule has 1 aliphatic rings. The first-order chi connectivity index (χ1) is 9.00. The third-order valence-corrected chi connectivity index (χ3v) is 3.45. The standard InChI is InChI=1S/C11H17F3N2O3S/c1-10(2,3)19-9(18)16-6-20-5-7(16)4-15-8(17)11(12,13)14/h7H,4-6H2,1-3H3,(H,15,17)/t7-/m1/s1. The van der Waals surface area contributed by atoms with Crippen LogP contribution in [0, 0.1) is 0 Å². The van der Waals surface area contributed by atoms with Crippen molar-refractivity contribution in [3.63, 3.8) is 0 Å². The van der Waals surface area contributed by atoms with Crippen molar-refractivity contribution < 1.29 is 27.5 Å². The fraction of sp³-hybridized carbons (Fsp3) is 0.818. The van der Waals surface area contributed by atoms with Crippen LogP contribution in [0.5, 0.6) is 0 Å². The molecule has 1 fully saturated rings. The zero-order chi connectivity index (χ0) is 15.6. The minimum atomic E-state index is -4.91. The average molecular weight is 314 g/mol. The van der Waals surface area contributed by atoms with E-state index >= 15 is 0 Å². The molecule has 1 atom stereocenters. The van der Waals surface area contributed by atoms with Gasteiger partial charge in [0.1, 0.15) is 5.60 Å². The molecule has 1 saturated heterocycles. The number of rotatable bonds is 2. The average Bonchev–Trinajstić information content (AvgIpc) is 2.70. The van der Waals surface area contributed by atoms with Gasteiger partial charge in [0.05, 0.1) is 11.9 Å². The van der Waals surface area contributed by atoms with Crippen molar-refractivity contribution in [3.05, 3.63) is 0 Å². The van der Waals surface area contributed by atoms with Crippen LogP contribution in [0.15, 0.2) is 0 Å². The smallest absolute Gasteiger partial charge is 0.444 e. The third-order valence-electron chi connectivity index (χ3n) is 2.37. The number of hydrogen-bond acceptors (Lipinski definition) is 4. The molecule has 9 heteroatoms. The van der Waals surface area contributed by atoms with Crippen molar-refractivity contribution >= 4 is 23.8 Å². The molecule has 1 N–H and O–H groups in total. The predicted octanol–water partition coefficient (Wildman–Crippen LogP) is 1.97. The van der Waals surface area contributed by atoms with E-state index in [2.05, 4.69) is 0 Å². The van der Waals surface area contributed by atoms with E-state index in [1.54, 1.807) is 26.1 Å². The Bertz CT molecular complexity index is 382. The molecule has 0 aromatic heterocycles. The number of halogens is 3. The summed E-state index contributed by atoms with van der Waals surface area (Å²) in [6, 6.07) is -0.499. The lowest BCUT2D eigenvalue weighted by atomic mass is 10.2. The summed E-state index contributed by atoms with van der Waals surface area (Å²) in [6.07, 6.45) is -5.50. The monoisotopic (exact) mass is 314 g/mol. The van der Waals surface area contributed by atoms with E-state index in [0.29, 0.717) is 11.6 Å². The van der Waals surface area contributed by atoms with Crippen molar-refractivity contribution in [2.75, 3.05) is 18.2 Å². The van der Waals surface area contributed by atoms with E-state index in [1.807, 2.05) is 0 Å². The Labute approximate surface area is 119 Å². The number of hydrogen-bond donors (Lipinski definition) is 1. The largest absolute Gasteiger partial charge is 0.471 e. The van der Waals surface area contributed by atoms with Crippen LogP contribution < -0.4 is 5.32 Å². The number of thioether (sulfide) groups is 1. The molecule has 5 nitrogen and oxygen atoms in total. The Kier molecular flexibility index (Phi) is 5.17. The number of carbonyl (C=O) groups excluding carboxylic acids is 2. The topological polar surface area (TPSA) is 58.6 Å². The van der Waals surface area contributed by atoms with Crippen LogP contribution in [0.1, 0.15) is 20.8 Å². The van der Waals surface area contributed by atoms with Gasteiger partial charge in [-0.25, -0.2) is 4.79 Å². The normalized spacial score (nSPS) is 19.9. The van der Waals surface area contributed by atoms with Gasteiger partial charge in [0.2, 0.25) is 0 Å². The second-order valence-corrected chi connectivity index (χ2v) is 6.31. The molecule has 1 rings (SSSR count). The van der Waals surface area contributed by atoms with E-state index in [1.165, 1.54) is 16.7 Å². The molecule has 2 amide bonds. The summed E-state index contributed by atoms with van der Waals surface area (Å²) in [7, 11) is 0. The van der Waals surface area contributed by atoms with Gasteiger partial charge in [-0.3, -0.25) is 9.69 Å². The van der Waals surface area contributed by atoms with Crippen LogP contribution in [-0.4, -0.2) is 52.9 Å². The fourth-order valence-electron chi connectivity index (χ4n) is 1.48. The molecule has 0 bridgehead atoms. The van der Waals surface area contributed by atoms with Crippen LogP contribution in [0.2, 0.25) is 0 Å². The molecule has 0 aromatic carbocycles. The molecule has 1 heterocycles. The summed E-state index contributed by atoms with van der Waals surface area (Å²) in [5, 5.41) is 1.79. The summed E-state index contributed by atoms with van der Waals surface area (Å²) < 4.78 is 41.4. The number of nitrogens with zero attached hydrogens (tertiary/aromatic N) is 1.